The number of hydrogen-bond acceptors (Lipinski definition) is 2. The number of aliphatic hydroxyl groups excluding tert-OH is 1. The first-order valence-corrected chi connectivity index (χ1v) is 6.27. The summed E-state index contributed by atoms with van der Waals surface area (Å²) in [7, 11) is 0. The van der Waals surface area contributed by atoms with Gasteiger partial charge in [0.15, 0.2) is 0 Å². The minimum atomic E-state index is 0.227. The molecule has 0 amide bonds. The monoisotopic (exact) mass is 211 g/mol. The van der Waals surface area contributed by atoms with Gasteiger partial charge < -0.3 is 10.4 Å². The lowest BCUT2D eigenvalue weighted by molar-refractivity contribution is 0.0899. The van der Waals surface area contributed by atoms with Crippen molar-refractivity contribution >= 4 is 0 Å². The fraction of sp³-hybridized carbons (Fsp3) is 1.00. The van der Waals surface area contributed by atoms with Crippen LogP contribution < -0.4 is 5.32 Å². The molecule has 0 spiro atoms. The molecular formula is C13H25NO. The van der Waals surface area contributed by atoms with Gasteiger partial charge in [-0.1, -0.05) is 20.8 Å². The Morgan fingerprint density at radius 1 is 1.40 bits per heavy atom. The summed E-state index contributed by atoms with van der Waals surface area (Å²) in [5.41, 5.74) is 0.869. The molecule has 2 aliphatic carbocycles. The lowest BCUT2D eigenvalue weighted by Crippen LogP contribution is -2.53. The van der Waals surface area contributed by atoms with Crippen molar-refractivity contribution in [1.29, 1.82) is 0 Å². The highest BCUT2D eigenvalue weighted by atomic mass is 16.3. The molecule has 15 heavy (non-hydrogen) atoms. The number of hydrogen-bond donors (Lipinski definition) is 2. The standard InChI is InChI=1S/C13H25NO/c1-9(8-15)14-11-12(2,3)10-5-6-13(11,4)7-10/h9-11,14-15H,5-8H2,1-4H3/t9-,10?,11?,13?/m0/s1. The second-order valence-corrected chi connectivity index (χ2v) is 6.60. The van der Waals surface area contributed by atoms with Crippen LogP contribution in [-0.2, 0) is 0 Å². The molecule has 2 N–H and O–H groups in total. The molecule has 2 nitrogen and oxygen atoms in total. The predicted octanol–water partition coefficient (Wildman–Crippen LogP) is 2.17. The summed E-state index contributed by atoms with van der Waals surface area (Å²) in [6.45, 7) is 9.52. The van der Waals surface area contributed by atoms with E-state index in [0.29, 0.717) is 16.9 Å². The molecule has 0 aromatic heterocycles. The topological polar surface area (TPSA) is 32.3 Å². The van der Waals surface area contributed by atoms with Gasteiger partial charge in [0.05, 0.1) is 6.61 Å². The van der Waals surface area contributed by atoms with E-state index in [1.54, 1.807) is 0 Å². The van der Waals surface area contributed by atoms with Crippen molar-refractivity contribution in [2.45, 2.75) is 59.0 Å². The molecule has 2 rings (SSSR count). The average Bonchev–Trinajstić information content (AvgIpc) is 2.63. The Bertz CT molecular complexity index is 246. The van der Waals surface area contributed by atoms with Crippen LogP contribution in [0.4, 0.5) is 0 Å². The molecule has 0 saturated heterocycles. The van der Waals surface area contributed by atoms with Crippen molar-refractivity contribution in [3.63, 3.8) is 0 Å². The molecule has 2 heteroatoms. The average molecular weight is 211 g/mol. The second kappa shape index (κ2) is 3.46. The molecule has 0 aromatic rings. The van der Waals surface area contributed by atoms with Crippen LogP contribution in [0.5, 0.6) is 0 Å². The highest BCUT2D eigenvalue weighted by molar-refractivity contribution is 5.12. The van der Waals surface area contributed by atoms with Gasteiger partial charge in [0.25, 0.3) is 0 Å². The molecule has 2 aliphatic rings. The van der Waals surface area contributed by atoms with E-state index in [1.165, 1.54) is 19.3 Å². The number of aliphatic hydroxyl groups is 1. The van der Waals surface area contributed by atoms with Crippen LogP contribution in [-0.4, -0.2) is 23.8 Å². The van der Waals surface area contributed by atoms with Gasteiger partial charge in [-0.15, -0.1) is 0 Å². The van der Waals surface area contributed by atoms with Gasteiger partial charge in [0.1, 0.15) is 0 Å². The van der Waals surface area contributed by atoms with Gasteiger partial charge >= 0.3 is 0 Å². The summed E-state index contributed by atoms with van der Waals surface area (Å²) in [6.07, 6.45) is 4.13. The number of fused-ring (bicyclic) bond motifs is 2. The van der Waals surface area contributed by atoms with Crippen molar-refractivity contribution in [3.05, 3.63) is 0 Å². The van der Waals surface area contributed by atoms with E-state index in [0.717, 1.165) is 5.92 Å². The minimum Gasteiger partial charge on any atom is -0.395 e. The van der Waals surface area contributed by atoms with E-state index in [2.05, 4.69) is 33.0 Å². The lowest BCUT2D eigenvalue weighted by atomic mass is 9.68. The van der Waals surface area contributed by atoms with Crippen LogP contribution in [0.1, 0.15) is 47.0 Å². The summed E-state index contributed by atoms with van der Waals surface area (Å²) >= 11 is 0. The summed E-state index contributed by atoms with van der Waals surface area (Å²) in [6, 6.07) is 0.802. The predicted molar refractivity (Wildman–Crippen MR) is 62.7 cm³/mol. The van der Waals surface area contributed by atoms with Crippen molar-refractivity contribution < 1.29 is 5.11 Å². The van der Waals surface area contributed by atoms with Gasteiger partial charge in [-0.2, -0.15) is 0 Å². The van der Waals surface area contributed by atoms with Crippen LogP contribution in [0.15, 0.2) is 0 Å². The maximum atomic E-state index is 9.16. The summed E-state index contributed by atoms with van der Waals surface area (Å²) in [4.78, 5) is 0. The number of rotatable bonds is 3. The summed E-state index contributed by atoms with van der Waals surface area (Å²) < 4.78 is 0. The van der Waals surface area contributed by atoms with Crippen molar-refractivity contribution in [2.24, 2.45) is 16.7 Å². The molecule has 0 aromatic carbocycles. The maximum Gasteiger partial charge on any atom is 0.0582 e. The van der Waals surface area contributed by atoms with Crippen LogP contribution in [0.25, 0.3) is 0 Å². The normalized spacial score (nSPS) is 44.6. The lowest BCUT2D eigenvalue weighted by Gasteiger charge is -2.44. The van der Waals surface area contributed by atoms with Gasteiger partial charge in [0.2, 0.25) is 0 Å². The van der Waals surface area contributed by atoms with Gasteiger partial charge in [-0.25, -0.2) is 0 Å². The molecule has 0 heterocycles. The molecular weight excluding hydrogens is 186 g/mol. The van der Waals surface area contributed by atoms with Crippen molar-refractivity contribution in [2.75, 3.05) is 6.61 Å². The molecule has 2 fully saturated rings. The zero-order valence-electron chi connectivity index (χ0n) is 10.5. The van der Waals surface area contributed by atoms with E-state index in [-0.39, 0.29) is 12.6 Å². The third-order valence-corrected chi connectivity index (χ3v) is 4.99. The molecule has 4 atom stereocenters. The van der Waals surface area contributed by atoms with Gasteiger partial charge in [-0.3, -0.25) is 0 Å². The molecule has 0 aliphatic heterocycles. The van der Waals surface area contributed by atoms with Gasteiger partial charge in [-0.05, 0) is 42.9 Å². The fourth-order valence-electron chi connectivity index (χ4n) is 4.06. The van der Waals surface area contributed by atoms with Gasteiger partial charge in [0, 0.05) is 12.1 Å². The highest BCUT2D eigenvalue weighted by Crippen LogP contribution is 2.62. The maximum absolute atomic E-state index is 9.16. The summed E-state index contributed by atoms with van der Waals surface area (Å²) in [5, 5.41) is 12.8. The molecule has 2 bridgehead atoms. The highest BCUT2D eigenvalue weighted by Gasteiger charge is 2.59. The molecule has 88 valence electrons. The zero-order valence-corrected chi connectivity index (χ0v) is 10.5. The summed E-state index contributed by atoms with van der Waals surface area (Å²) in [5.74, 6) is 0.880. The Balaban J connectivity index is 2.15. The van der Waals surface area contributed by atoms with E-state index in [4.69, 9.17) is 5.11 Å². The van der Waals surface area contributed by atoms with Crippen LogP contribution in [0, 0.1) is 16.7 Å². The number of nitrogens with one attached hydrogen (secondary N) is 1. The third-order valence-electron chi connectivity index (χ3n) is 4.99. The zero-order chi connectivity index (χ0) is 11.3. The first-order chi connectivity index (χ1) is 6.90. The Kier molecular flexibility index (Phi) is 2.63. The first-order valence-electron chi connectivity index (χ1n) is 6.27. The third kappa shape index (κ3) is 1.62. The van der Waals surface area contributed by atoms with Crippen molar-refractivity contribution in [3.8, 4) is 0 Å². The van der Waals surface area contributed by atoms with E-state index < -0.39 is 0 Å². The van der Waals surface area contributed by atoms with Crippen LogP contribution in [0.2, 0.25) is 0 Å². The fourth-order valence-corrected chi connectivity index (χ4v) is 4.06. The SMILES string of the molecule is C[C@@H](CO)NC1C2(C)CCC(C2)C1(C)C. The molecule has 3 unspecified atom stereocenters. The molecule has 0 radical (unpaired) electrons. The van der Waals surface area contributed by atoms with E-state index in [1.807, 2.05) is 0 Å². The Morgan fingerprint density at radius 2 is 2.07 bits per heavy atom. The molecule has 2 saturated carbocycles. The smallest absolute Gasteiger partial charge is 0.0582 e. The Hall–Kier alpha value is -0.0800. The van der Waals surface area contributed by atoms with Crippen molar-refractivity contribution in [1.82, 2.24) is 5.32 Å². The first kappa shape index (κ1) is 11.4. The largest absolute Gasteiger partial charge is 0.395 e. The Labute approximate surface area is 93.5 Å². The van der Waals surface area contributed by atoms with Crippen LogP contribution >= 0.6 is 0 Å². The quantitative estimate of drug-likeness (QED) is 0.750. The van der Waals surface area contributed by atoms with E-state index >= 15 is 0 Å². The Morgan fingerprint density at radius 3 is 2.53 bits per heavy atom. The van der Waals surface area contributed by atoms with E-state index in [9.17, 15) is 0 Å². The minimum absolute atomic E-state index is 0.227. The second-order valence-electron chi connectivity index (χ2n) is 6.60. The van der Waals surface area contributed by atoms with Crippen LogP contribution in [0.3, 0.4) is 0 Å².